The molecule has 4 rings (SSSR count). The number of carbonyl (C=O) groups is 2. The van der Waals surface area contributed by atoms with Crippen LogP contribution >= 0.6 is 15.9 Å². The summed E-state index contributed by atoms with van der Waals surface area (Å²) in [5, 5.41) is 20.9. The highest BCUT2D eigenvalue weighted by Gasteiger charge is 2.47. The molecule has 0 radical (unpaired) electrons. The zero-order valence-corrected chi connectivity index (χ0v) is 17.0. The summed E-state index contributed by atoms with van der Waals surface area (Å²) in [6, 6.07) is 16.9. The number of aliphatic hydroxyl groups excluding tert-OH is 1. The number of hydrogen-bond donors (Lipinski definition) is 2. The molecule has 2 N–H and O–H groups in total. The van der Waals surface area contributed by atoms with Crippen LogP contribution in [0, 0.1) is 5.82 Å². The highest BCUT2D eigenvalue weighted by atomic mass is 79.9. The molecule has 1 aliphatic heterocycles. The fourth-order valence-corrected chi connectivity index (χ4v) is 3.74. The van der Waals surface area contributed by atoms with E-state index >= 15 is 0 Å². The number of aromatic hydroxyl groups is 1. The van der Waals surface area contributed by atoms with Gasteiger partial charge in [0.15, 0.2) is 0 Å². The van der Waals surface area contributed by atoms with E-state index in [0.717, 1.165) is 4.47 Å². The van der Waals surface area contributed by atoms with Gasteiger partial charge in [-0.05, 0) is 54.1 Å². The number of amides is 1. The summed E-state index contributed by atoms with van der Waals surface area (Å²) >= 11 is 3.32. The number of ketones is 1. The van der Waals surface area contributed by atoms with Crippen molar-refractivity contribution >= 4 is 39.1 Å². The van der Waals surface area contributed by atoms with Crippen molar-refractivity contribution in [3.05, 3.63) is 99.8 Å². The van der Waals surface area contributed by atoms with Gasteiger partial charge in [-0.1, -0.05) is 40.2 Å². The molecular formula is C23H15BrFNO4. The molecular weight excluding hydrogens is 453 g/mol. The summed E-state index contributed by atoms with van der Waals surface area (Å²) in [6.45, 7) is 0. The molecule has 7 heteroatoms. The lowest BCUT2D eigenvalue weighted by atomic mass is 9.95. The number of carbonyl (C=O) groups excluding carboxylic acids is 2. The van der Waals surface area contributed by atoms with Crippen LogP contribution in [0.4, 0.5) is 10.1 Å². The standard InChI is InChI=1S/C23H15BrFNO4/c24-15-6-4-13(5-7-15)21(28)19-20(14-2-1-3-18(27)12-14)26(23(30)22(19)29)17-10-8-16(25)9-11-17/h1-12,20,27-28H/b21-19-. The van der Waals surface area contributed by atoms with Gasteiger partial charge < -0.3 is 10.2 Å². The minimum Gasteiger partial charge on any atom is -0.508 e. The Labute approximate surface area is 179 Å². The number of Topliss-reactive ketones (excluding diaryl/α,β-unsaturated/α-hetero) is 1. The van der Waals surface area contributed by atoms with Crippen molar-refractivity contribution in [2.45, 2.75) is 6.04 Å². The highest BCUT2D eigenvalue weighted by Crippen LogP contribution is 2.42. The summed E-state index contributed by atoms with van der Waals surface area (Å²) in [4.78, 5) is 27.1. The van der Waals surface area contributed by atoms with Gasteiger partial charge in [-0.3, -0.25) is 14.5 Å². The number of hydrogen-bond acceptors (Lipinski definition) is 4. The first-order valence-electron chi connectivity index (χ1n) is 8.98. The van der Waals surface area contributed by atoms with Crippen molar-refractivity contribution in [2.75, 3.05) is 4.90 Å². The largest absolute Gasteiger partial charge is 0.508 e. The SMILES string of the molecule is O=C1C(=O)N(c2ccc(F)cc2)C(c2cccc(O)c2)/C1=C(/O)c1ccc(Br)cc1. The zero-order chi connectivity index (χ0) is 21.4. The van der Waals surface area contributed by atoms with Gasteiger partial charge in [0.2, 0.25) is 0 Å². The molecule has 1 fully saturated rings. The minimum atomic E-state index is -0.994. The van der Waals surface area contributed by atoms with Gasteiger partial charge in [-0.2, -0.15) is 0 Å². The molecule has 0 aromatic heterocycles. The third-order valence-electron chi connectivity index (χ3n) is 4.85. The first-order chi connectivity index (χ1) is 14.4. The first-order valence-corrected chi connectivity index (χ1v) is 9.77. The average Bonchev–Trinajstić information content (AvgIpc) is 3.00. The van der Waals surface area contributed by atoms with E-state index in [0.29, 0.717) is 16.8 Å². The molecule has 1 atom stereocenters. The second kappa shape index (κ2) is 7.76. The van der Waals surface area contributed by atoms with Gasteiger partial charge in [0.1, 0.15) is 17.3 Å². The Balaban J connectivity index is 1.95. The van der Waals surface area contributed by atoms with Crippen LogP contribution in [-0.2, 0) is 9.59 Å². The Morgan fingerprint density at radius 2 is 1.63 bits per heavy atom. The summed E-state index contributed by atoms with van der Waals surface area (Å²) < 4.78 is 14.2. The lowest BCUT2D eigenvalue weighted by Crippen LogP contribution is -2.29. The number of rotatable bonds is 3. The number of aliphatic hydroxyl groups is 1. The predicted molar refractivity (Wildman–Crippen MR) is 113 cm³/mol. The molecule has 1 heterocycles. The second-order valence-electron chi connectivity index (χ2n) is 6.75. The normalized spacial score (nSPS) is 18.1. The molecule has 3 aromatic rings. The van der Waals surface area contributed by atoms with E-state index in [1.807, 2.05) is 0 Å². The van der Waals surface area contributed by atoms with Crippen molar-refractivity contribution in [3.63, 3.8) is 0 Å². The molecule has 150 valence electrons. The van der Waals surface area contributed by atoms with Gasteiger partial charge in [0, 0.05) is 15.7 Å². The van der Waals surface area contributed by atoms with E-state index in [4.69, 9.17) is 0 Å². The number of nitrogens with zero attached hydrogens (tertiary/aromatic N) is 1. The fraction of sp³-hybridized carbons (Fsp3) is 0.0435. The summed E-state index contributed by atoms with van der Waals surface area (Å²) in [7, 11) is 0. The van der Waals surface area contributed by atoms with Gasteiger partial charge in [-0.15, -0.1) is 0 Å². The Morgan fingerprint density at radius 1 is 0.967 bits per heavy atom. The molecule has 3 aromatic carbocycles. The number of anilines is 1. The minimum absolute atomic E-state index is 0.0548. The predicted octanol–water partition coefficient (Wildman–Crippen LogP) is 4.92. The number of phenolic OH excluding ortho intramolecular Hbond substituents is 1. The Hall–Kier alpha value is -3.45. The molecule has 0 saturated carbocycles. The van der Waals surface area contributed by atoms with Crippen LogP contribution in [0.3, 0.4) is 0 Å². The number of halogens is 2. The second-order valence-corrected chi connectivity index (χ2v) is 7.66. The van der Waals surface area contributed by atoms with Crippen LogP contribution in [-0.4, -0.2) is 21.9 Å². The fourth-order valence-electron chi connectivity index (χ4n) is 3.47. The molecule has 1 aliphatic rings. The van der Waals surface area contributed by atoms with Gasteiger partial charge in [0.05, 0.1) is 11.6 Å². The maximum Gasteiger partial charge on any atom is 0.300 e. The van der Waals surface area contributed by atoms with Crippen LogP contribution in [0.25, 0.3) is 5.76 Å². The number of phenols is 1. The Bertz CT molecular complexity index is 1170. The van der Waals surface area contributed by atoms with Crippen LogP contribution < -0.4 is 4.90 Å². The highest BCUT2D eigenvalue weighted by molar-refractivity contribution is 9.10. The van der Waals surface area contributed by atoms with Crippen LogP contribution in [0.5, 0.6) is 5.75 Å². The van der Waals surface area contributed by atoms with Gasteiger partial charge in [0.25, 0.3) is 11.7 Å². The molecule has 1 saturated heterocycles. The van der Waals surface area contributed by atoms with Crippen molar-refractivity contribution in [2.24, 2.45) is 0 Å². The third-order valence-corrected chi connectivity index (χ3v) is 5.38. The quantitative estimate of drug-likeness (QED) is 0.325. The average molecular weight is 468 g/mol. The summed E-state index contributed by atoms with van der Waals surface area (Å²) in [5.74, 6) is -2.60. The molecule has 0 spiro atoms. The third kappa shape index (κ3) is 3.48. The van der Waals surface area contributed by atoms with Crippen LogP contribution in [0.2, 0.25) is 0 Å². The summed E-state index contributed by atoms with van der Waals surface area (Å²) in [6.07, 6.45) is 0. The Kier molecular flexibility index (Phi) is 5.13. The number of benzene rings is 3. The smallest absolute Gasteiger partial charge is 0.300 e. The van der Waals surface area contributed by atoms with E-state index in [1.165, 1.54) is 41.3 Å². The lowest BCUT2D eigenvalue weighted by molar-refractivity contribution is -0.132. The molecule has 30 heavy (non-hydrogen) atoms. The maximum atomic E-state index is 13.4. The van der Waals surface area contributed by atoms with Crippen molar-refractivity contribution < 1.29 is 24.2 Å². The molecule has 1 amide bonds. The van der Waals surface area contributed by atoms with E-state index in [2.05, 4.69) is 15.9 Å². The van der Waals surface area contributed by atoms with E-state index in [1.54, 1.807) is 36.4 Å². The van der Waals surface area contributed by atoms with Gasteiger partial charge in [-0.25, -0.2) is 4.39 Å². The van der Waals surface area contributed by atoms with Crippen molar-refractivity contribution in [3.8, 4) is 5.75 Å². The summed E-state index contributed by atoms with van der Waals surface area (Å²) in [5.41, 5.74) is 0.969. The monoisotopic (exact) mass is 467 g/mol. The van der Waals surface area contributed by atoms with Crippen LogP contribution in [0.1, 0.15) is 17.2 Å². The van der Waals surface area contributed by atoms with Crippen LogP contribution in [0.15, 0.2) is 82.8 Å². The topological polar surface area (TPSA) is 77.8 Å². The van der Waals surface area contributed by atoms with Crippen molar-refractivity contribution in [1.82, 2.24) is 0 Å². The molecule has 5 nitrogen and oxygen atoms in total. The zero-order valence-electron chi connectivity index (χ0n) is 15.4. The maximum absolute atomic E-state index is 13.4. The van der Waals surface area contributed by atoms with Gasteiger partial charge >= 0.3 is 0 Å². The van der Waals surface area contributed by atoms with Crippen molar-refractivity contribution in [1.29, 1.82) is 0 Å². The van der Waals surface area contributed by atoms with E-state index in [-0.39, 0.29) is 17.1 Å². The first kappa shape index (κ1) is 19.8. The molecule has 1 unspecified atom stereocenters. The molecule has 0 bridgehead atoms. The molecule has 0 aliphatic carbocycles. The van der Waals surface area contributed by atoms with E-state index in [9.17, 15) is 24.2 Å². The lowest BCUT2D eigenvalue weighted by Gasteiger charge is -2.25. The van der Waals surface area contributed by atoms with E-state index < -0.39 is 23.5 Å². The Morgan fingerprint density at radius 3 is 2.27 bits per heavy atom.